The van der Waals surface area contributed by atoms with Crippen LogP contribution in [0.25, 0.3) is 0 Å². The summed E-state index contributed by atoms with van der Waals surface area (Å²) in [5, 5.41) is 9.32. The van der Waals surface area contributed by atoms with E-state index in [-0.39, 0.29) is 30.5 Å². The molecule has 3 N–H and O–H groups in total. The number of nitrogens with one attached hydrogen (secondary N) is 3. The lowest BCUT2D eigenvalue weighted by molar-refractivity contribution is -0.116. The molecule has 0 unspecified atom stereocenters. The number of benzene rings is 1. The van der Waals surface area contributed by atoms with Gasteiger partial charge in [-0.3, -0.25) is 14.4 Å². The van der Waals surface area contributed by atoms with Crippen molar-refractivity contribution in [3.05, 3.63) is 46.4 Å². The molecule has 0 saturated carbocycles. The van der Waals surface area contributed by atoms with Crippen molar-refractivity contribution in [2.24, 2.45) is 0 Å². The van der Waals surface area contributed by atoms with Crippen molar-refractivity contribution in [3.8, 4) is 0 Å². The van der Waals surface area contributed by atoms with Gasteiger partial charge in [-0.25, -0.2) is 4.39 Å². The molecule has 8 heteroatoms. The molecular weight excluding hydrogens is 333 g/mol. The minimum Gasteiger partial charge on any atom is -0.351 e. The Balaban J connectivity index is 1.85. The zero-order valence-electron chi connectivity index (χ0n) is 12.9. The standard InChI is InChI=1S/C16H16FN3O3S/c1-10(21)19-11-4-5-12(17)13(9-11)20-15(22)6-7-18-16(23)14-3-2-8-24-14/h2-5,8-9H,6-7H2,1H3,(H,18,23)(H,19,21)(H,20,22). The van der Waals surface area contributed by atoms with E-state index in [0.29, 0.717) is 10.6 Å². The minimum atomic E-state index is -0.611. The van der Waals surface area contributed by atoms with Crippen molar-refractivity contribution in [3.63, 3.8) is 0 Å². The molecule has 2 rings (SSSR count). The maximum absolute atomic E-state index is 13.7. The Hall–Kier alpha value is -2.74. The fourth-order valence-electron chi connectivity index (χ4n) is 1.90. The van der Waals surface area contributed by atoms with E-state index in [1.807, 2.05) is 0 Å². The van der Waals surface area contributed by atoms with E-state index in [1.165, 1.54) is 30.4 Å². The van der Waals surface area contributed by atoms with Gasteiger partial charge in [-0.1, -0.05) is 6.07 Å². The number of anilines is 2. The molecule has 0 bridgehead atoms. The first-order chi connectivity index (χ1) is 11.5. The molecule has 0 radical (unpaired) electrons. The fraction of sp³-hybridized carbons (Fsp3) is 0.188. The van der Waals surface area contributed by atoms with Gasteiger partial charge in [-0.05, 0) is 29.6 Å². The van der Waals surface area contributed by atoms with Crippen molar-refractivity contribution < 1.29 is 18.8 Å². The summed E-state index contributed by atoms with van der Waals surface area (Å²) >= 11 is 1.30. The van der Waals surface area contributed by atoms with E-state index in [9.17, 15) is 18.8 Å². The highest BCUT2D eigenvalue weighted by molar-refractivity contribution is 7.12. The monoisotopic (exact) mass is 349 g/mol. The number of carbonyl (C=O) groups is 3. The van der Waals surface area contributed by atoms with Crippen LogP contribution < -0.4 is 16.0 Å². The van der Waals surface area contributed by atoms with Crippen LogP contribution in [0, 0.1) is 5.82 Å². The first-order valence-electron chi connectivity index (χ1n) is 7.14. The number of halogens is 1. The van der Waals surface area contributed by atoms with Crippen LogP contribution in [0.15, 0.2) is 35.7 Å². The molecule has 0 spiro atoms. The van der Waals surface area contributed by atoms with Crippen molar-refractivity contribution in [2.75, 3.05) is 17.2 Å². The summed E-state index contributed by atoms with van der Waals surface area (Å²) in [4.78, 5) is 35.1. The molecule has 0 atom stereocenters. The lowest BCUT2D eigenvalue weighted by atomic mass is 10.2. The van der Waals surface area contributed by atoms with Gasteiger partial charge in [0.05, 0.1) is 10.6 Å². The van der Waals surface area contributed by atoms with E-state index in [2.05, 4.69) is 16.0 Å². The summed E-state index contributed by atoms with van der Waals surface area (Å²) in [5.41, 5.74) is 0.348. The third-order valence-corrected chi connectivity index (χ3v) is 3.81. The quantitative estimate of drug-likeness (QED) is 0.749. The molecule has 24 heavy (non-hydrogen) atoms. The molecule has 2 aromatic rings. The zero-order valence-corrected chi connectivity index (χ0v) is 13.7. The molecular formula is C16H16FN3O3S. The predicted molar refractivity (Wildman–Crippen MR) is 90.6 cm³/mol. The molecule has 0 aliphatic rings. The van der Waals surface area contributed by atoms with Crippen LogP contribution in [-0.2, 0) is 9.59 Å². The molecule has 1 aromatic carbocycles. The van der Waals surface area contributed by atoms with Crippen LogP contribution in [0.4, 0.5) is 15.8 Å². The first kappa shape index (κ1) is 17.6. The Bertz CT molecular complexity index is 747. The van der Waals surface area contributed by atoms with Crippen LogP contribution in [0.5, 0.6) is 0 Å². The van der Waals surface area contributed by atoms with Gasteiger partial charge in [0.1, 0.15) is 5.82 Å². The Morgan fingerprint density at radius 2 is 1.96 bits per heavy atom. The highest BCUT2D eigenvalue weighted by atomic mass is 32.1. The molecule has 1 heterocycles. The fourth-order valence-corrected chi connectivity index (χ4v) is 2.54. The van der Waals surface area contributed by atoms with Crippen molar-refractivity contribution in [2.45, 2.75) is 13.3 Å². The van der Waals surface area contributed by atoms with Crippen LogP contribution >= 0.6 is 11.3 Å². The maximum Gasteiger partial charge on any atom is 0.261 e. The minimum absolute atomic E-state index is 0.000912. The number of thiophene rings is 1. The van der Waals surface area contributed by atoms with Gasteiger partial charge in [0.2, 0.25) is 11.8 Å². The molecule has 0 aliphatic heterocycles. The number of hydrogen-bond acceptors (Lipinski definition) is 4. The predicted octanol–water partition coefficient (Wildman–Crippen LogP) is 2.60. The third-order valence-electron chi connectivity index (χ3n) is 2.94. The van der Waals surface area contributed by atoms with Gasteiger partial charge in [-0.15, -0.1) is 11.3 Å². The third kappa shape index (κ3) is 5.17. The van der Waals surface area contributed by atoms with Gasteiger partial charge in [0, 0.05) is 25.6 Å². The van der Waals surface area contributed by atoms with Gasteiger partial charge in [0.15, 0.2) is 0 Å². The molecule has 1 aromatic heterocycles. The van der Waals surface area contributed by atoms with Gasteiger partial charge in [0.25, 0.3) is 5.91 Å². The van der Waals surface area contributed by atoms with Crippen molar-refractivity contribution in [1.29, 1.82) is 0 Å². The van der Waals surface area contributed by atoms with Crippen molar-refractivity contribution >= 4 is 40.4 Å². The van der Waals surface area contributed by atoms with Crippen LogP contribution in [0.2, 0.25) is 0 Å². The van der Waals surface area contributed by atoms with Gasteiger partial charge < -0.3 is 16.0 Å². The van der Waals surface area contributed by atoms with E-state index in [0.717, 1.165) is 6.07 Å². The van der Waals surface area contributed by atoms with E-state index < -0.39 is 11.7 Å². The average molecular weight is 349 g/mol. The van der Waals surface area contributed by atoms with Crippen LogP contribution in [0.1, 0.15) is 23.0 Å². The number of amides is 3. The molecule has 6 nitrogen and oxygen atoms in total. The number of rotatable bonds is 6. The Kier molecular flexibility index (Phi) is 6.02. The lowest BCUT2D eigenvalue weighted by Crippen LogP contribution is -2.27. The first-order valence-corrected chi connectivity index (χ1v) is 8.02. The molecule has 0 saturated heterocycles. The highest BCUT2D eigenvalue weighted by Crippen LogP contribution is 2.19. The lowest BCUT2D eigenvalue weighted by Gasteiger charge is -2.09. The van der Waals surface area contributed by atoms with Gasteiger partial charge in [-0.2, -0.15) is 0 Å². The van der Waals surface area contributed by atoms with Crippen LogP contribution in [-0.4, -0.2) is 24.3 Å². The maximum atomic E-state index is 13.7. The summed E-state index contributed by atoms with van der Waals surface area (Å²) in [7, 11) is 0. The smallest absolute Gasteiger partial charge is 0.261 e. The Morgan fingerprint density at radius 1 is 1.17 bits per heavy atom. The SMILES string of the molecule is CC(=O)Nc1ccc(F)c(NC(=O)CCNC(=O)c2cccs2)c1. The second kappa shape index (κ2) is 8.21. The zero-order chi connectivity index (χ0) is 17.5. The van der Waals surface area contributed by atoms with E-state index in [1.54, 1.807) is 17.5 Å². The van der Waals surface area contributed by atoms with Gasteiger partial charge >= 0.3 is 0 Å². The van der Waals surface area contributed by atoms with Crippen LogP contribution in [0.3, 0.4) is 0 Å². The molecule has 126 valence electrons. The van der Waals surface area contributed by atoms with Crippen molar-refractivity contribution in [1.82, 2.24) is 5.32 Å². The molecule has 0 aliphatic carbocycles. The Labute approximate surface area is 142 Å². The summed E-state index contributed by atoms with van der Waals surface area (Å²) < 4.78 is 13.7. The molecule has 0 fully saturated rings. The second-order valence-electron chi connectivity index (χ2n) is 4.91. The van der Waals surface area contributed by atoms with E-state index >= 15 is 0 Å². The number of carbonyl (C=O) groups excluding carboxylic acids is 3. The largest absolute Gasteiger partial charge is 0.351 e. The van der Waals surface area contributed by atoms with E-state index in [4.69, 9.17) is 0 Å². The normalized spacial score (nSPS) is 10.1. The Morgan fingerprint density at radius 3 is 2.62 bits per heavy atom. The average Bonchev–Trinajstić information content (AvgIpc) is 3.04. The second-order valence-corrected chi connectivity index (χ2v) is 5.85. The topological polar surface area (TPSA) is 87.3 Å². The summed E-state index contributed by atoms with van der Waals surface area (Å²) in [5.74, 6) is -1.60. The summed E-state index contributed by atoms with van der Waals surface area (Å²) in [6, 6.07) is 7.33. The number of hydrogen-bond donors (Lipinski definition) is 3. The highest BCUT2D eigenvalue weighted by Gasteiger charge is 2.10. The summed E-state index contributed by atoms with van der Waals surface area (Å²) in [6.07, 6.45) is 0.000912. The molecule has 3 amide bonds. The summed E-state index contributed by atoms with van der Waals surface area (Å²) in [6.45, 7) is 1.47.